The minimum absolute atomic E-state index is 0.380. The van der Waals surface area contributed by atoms with E-state index in [0.717, 1.165) is 12.8 Å². The average molecular weight is 283 g/mol. The molecule has 1 aliphatic rings. The van der Waals surface area contributed by atoms with Gasteiger partial charge in [0.05, 0.1) is 0 Å². The lowest BCUT2D eigenvalue weighted by Crippen LogP contribution is -2.31. The van der Waals surface area contributed by atoms with E-state index in [9.17, 15) is 0 Å². The molecule has 1 aliphatic carbocycles. The van der Waals surface area contributed by atoms with Crippen LogP contribution in [0.5, 0.6) is 0 Å². The molecule has 3 N–H and O–H groups in total. The Kier molecular flexibility index (Phi) is 4.00. The monoisotopic (exact) mass is 282 g/mol. The number of nitrogens with one attached hydrogen (secondary N) is 1. The van der Waals surface area contributed by atoms with Gasteiger partial charge in [-0.1, -0.05) is 34.1 Å². The molecule has 0 spiro atoms. The molecule has 2 rings (SSSR count). The van der Waals surface area contributed by atoms with Gasteiger partial charge in [-0.15, -0.1) is 0 Å². The zero-order chi connectivity index (χ0) is 11.5. The van der Waals surface area contributed by atoms with Gasteiger partial charge in [0.15, 0.2) is 0 Å². The number of nitrogens with two attached hydrogens (primary N) is 1. The minimum atomic E-state index is 0.380. The average Bonchev–Trinajstić information content (AvgIpc) is 2.64. The van der Waals surface area contributed by atoms with E-state index in [0.29, 0.717) is 18.1 Å². The zero-order valence-electron chi connectivity index (χ0n) is 9.62. The summed E-state index contributed by atoms with van der Waals surface area (Å²) in [4.78, 5) is 0. The van der Waals surface area contributed by atoms with Crippen LogP contribution in [0.25, 0.3) is 0 Å². The van der Waals surface area contributed by atoms with Crippen molar-refractivity contribution in [3.63, 3.8) is 0 Å². The Morgan fingerprint density at radius 3 is 2.75 bits per heavy atom. The second-order valence-corrected chi connectivity index (χ2v) is 5.53. The molecule has 1 fully saturated rings. The minimum Gasteiger partial charge on any atom is -0.328 e. The molecule has 0 heterocycles. The molecule has 16 heavy (non-hydrogen) atoms. The Morgan fingerprint density at radius 1 is 1.38 bits per heavy atom. The summed E-state index contributed by atoms with van der Waals surface area (Å²) in [6.45, 7) is 2.21. The smallest absolute Gasteiger partial charge is 0.0305 e. The van der Waals surface area contributed by atoms with Crippen molar-refractivity contribution < 1.29 is 0 Å². The van der Waals surface area contributed by atoms with Gasteiger partial charge in [-0.05, 0) is 37.8 Å². The van der Waals surface area contributed by atoms with E-state index >= 15 is 0 Å². The van der Waals surface area contributed by atoms with E-state index in [1.165, 1.54) is 16.5 Å². The molecule has 1 aromatic carbocycles. The van der Waals surface area contributed by atoms with Crippen molar-refractivity contribution in [1.82, 2.24) is 5.32 Å². The van der Waals surface area contributed by atoms with Crippen LogP contribution in [0, 0.1) is 0 Å². The van der Waals surface area contributed by atoms with Crippen molar-refractivity contribution in [2.75, 3.05) is 0 Å². The maximum absolute atomic E-state index is 5.92. The summed E-state index contributed by atoms with van der Waals surface area (Å²) in [7, 11) is 0. The lowest BCUT2D eigenvalue weighted by molar-refractivity contribution is 0.456. The zero-order valence-corrected chi connectivity index (χ0v) is 11.2. The summed E-state index contributed by atoms with van der Waals surface area (Å²) in [5.41, 5.74) is 7.24. The quantitative estimate of drug-likeness (QED) is 0.895. The Bertz CT molecular complexity index is 354. The van der Waals surface area contributed by atoms with E-state index < -0.39 is 0 Å². The van der Waals surface area contributed by atoms with Gasteiger partial charge in [-0.3, -0.25) is 0 Å². The predicted octanol–water partition coefficient (Wildman–Crippen LogP) is 2.98. The Morgan fingerprint density at radius 2 is 2.12 bits per heavy atom. The maximum Gasteiger partial charge on any atom is 0.0305 e. The number of hydrogen-bond acceptors (Lipinski definition) is 2. The number of halogens is 1. The second kappa shape index (κ2) is 5.30. The molecule has 0 aromatic heterocycles. The predicted molar refractivity (Wildman–Crippen MR) is 71.3 cm³/mol. The van der Waals surface area contributed by atoms with Crippen LogP contribution in [-0.2, 0) is 0 Å². The highest BCUT2D eigenvalue weighted by Gasteiger charge is 2.23. The lowest BCUT2D eigenvalue weighted by Gasteiger charge is -2.20. The summed E-state index contributed by atoms with van der Waals surface area (Å²) >= 11 is 3.59. The largest absolute Gasteiger partial charge is 0.328 e. The van der Waals surface area contributed by atoms with E-state index in [-0.39, 0.29) is 0 Å². The van der Waals surface area contributed by atoms with Crippen LogP contribution >= 0.6 is 15.9 Å². The molecule has 3 atom stereocenters. The highest BCUT2D eigenvalue weighted by molar-refractivity contribution is 9.10. The van der Waals surface area contributed by atoms with Crippen LogP contribution in [0.3, 0.4) is 0 Å². The fourth-order valence-electron chi connectivity index (χ4n) is 2.44. The summed E-state index contributed by atoms with van der Waals surface area (Å²) in [5.74, 6) is 0. The normalized spacial score (nSPS) is 26.9. The summed E-state index contributed by atoms with van der Waals surface area (Å²) in [6.07, 6.45) is 3.46. The SMILES string of the molecule is CC(NC1CCC(N)C1)c1ccccc1Br. The van der Waals surface area contributed by atoms with Gasteiger partial charge in [-0.2, -0.15) is 0 Å². The van der Waals surface area contributed by atoms with Gasteiger partial charge in [0.25, 0.3) is 0 Å². The first-order chi connectivity index (χ1) is 7.66. The second-order valence-electron chi connectivity index (χ2n) is 4.68. The number of benzene rings is 1. The molecular weight excluding hydrogens is 264 g/mol. The fraction of sp³-hybridized carbons (Fsp3) is 0.538. The summed E-state index contributed by atoms with van der Waals surface area (Å²) < 4.78 is 1.18. The van der Waals surface area contributed by atoms with E-state index in [2.05, 4.69) is 46.4 Å². The van der Waals surface area contributed by atoms with Crippen molar-refractivity contribution in [1.29, 1.82) is 0 Å². The van der Waals surface area contributed by atoms with Gasteiger partial charge >= 0.3 is 0 Å². The van der Waals surface area contributed by atoms with Gasteiger partial charge in [0.2, 0.25) is 0 Å². The number of rotatable bonds is 3. The van der Waals surface area contributed by atoms with E-state index in [1.807, 2.05) is 6.07 Å². The standard InChI is InChI=1S/C13H19BrN2/c1-9(12-4-2-3-5-13(12)14)16-11-7-6-10(15)8-11/h2-5,9-11,16H,6-8,15H2,1H3. The molecule has 0 aliphatic heterocycles. The van der Waals surface area contributed by atoms with Gasteiger partial charge in [0.1, 0.15) is 0 Å². The Balaban J connectivity index is 1.98. The molecule has 2 nitrogen and oxygen atoms in total. The van der Waals surface area contributed by atoms with Crippen molar-refractivity contribution in [3.05, 3.63) is 34.3 Å². The Labute approximate surface area is 106 Å². The first kappa shape index (κ1) is 12.1. The summed E-state index contributed by atoms with van der Waals surface area (Å²) in [5, 5.41) is 3.66. The van der Waals surface area contributed by atoms with Crippen LogP contribution in [0.2, 0.25) is 0 Å². The molecule has 0 radical (unpaired) electrons. The molecule has 3 heteroatoms. The van der Waals surface area contributed by atoms with Crippen molar-refractivity contribution >= 4 is 15.9 Å². The van der Waals surface area contributed by atoms with Gasteiger partial charge < -0.3 is 11.1 Å². The van der Waals surface area contributed by atoms with Crippen molar-refractivity contribution in [2.45, 2.75) is 44.3 Å². The molecule has 1 aromatic rings. The third kappa shape index (κ3) is 2.84. The molecule has 0 bridgehead atoms. The van der Waals surface area contributed by atoms with Crippen LogP contribution < -0.4 is 11.1 Å². The molecule has 0 amide bonds. The van der Waals surface area contributed by atoms with Gasteiger partial charge in [0, 0.05) is 22.6 Å². The van der Waals surface area contributed by atoms with Crippen LogP contribution in [0.15, 0.2) is 28.7 Å². The molecule has 88 valence electrons. The van der Waals surface area contributed by atoms with Gasteiger partial charge in [-0.25, -0.2) is 0 Å². The van der Waals surface area contributed by atoms with Crippen LogP contribution in [0.1, 0.15) is 37.8 Å². The molecule has 3 unspecified atom stereocenters. The molecular formula is C13H19BrN2. The topological polar surface area (TPSA) is 38.0 Å². The number of hydrogen-bond donors (Lipinski definition) is 2. The lowest BCUT2D eigenvalue weighted by atomic mass is 10.1. The van der Waals surface area contributed by atoms with Crippen molar-refractivity contribution in [3.8, 4) is 0 Å². The van der Waals surface area contributed by atoms with E-state index in [1.54, 1.807) is 0 Å². The third-order valence-electron chi connectivity index (χ3n) is 3.33. The fourth-order valence-corrected chi connectivity index (χ4v) is 3.07. The third-order valence-corrected chi connectivity index (χ3v) is 4.05. The highest BCUT2D eigenvalue weighted by atomic mass is 79.9. The summed E-state index contributed by atoms with van der Waals surface area (Å²) in [6, 6.07) is 9.74. The van der Waals surface area contributed by atoms with Crippen molar-refractivity contribution in [2.24, 2.45) is 5.73 Å². The molecule has 0 saturated heterocycles. The van der Waals surface area contributed by atoms with E-state index in [4.69, 9.17) is 5.73 Å². The Hall–Kier alpha value is -0.380. The van der Waals surface area contributed by atoms with Crippen LogP contribution in [0.4, 0.5) is 0 Å². The van der Waals surface area contributed by atoms with Crippen LogP contribution in [-0.4, -0.2) is 12.1 Å². The molecule has 1 saturated carbocycles. The first-order valence-electron chi connectivity index (χ1n) is 5.93. The highest BCUT2D eigenvalue weighted by Crippen LogP contribution is 2.25. The first-order valence-corrected chi connectivity index (χ1v) is 6.72. The maximum atomic E-state index is 5.92.